The topological polar surface area (TPSA) is 43.4 Å². The van der Waals surface area contributed by atoms with E-state index in [2.05, 4.69) is 10.3 Å². The molecule has 0 unspecified atom stereocenters. The molecule has 2 rings (SSSR count). The molecule has 0 spiro atoms. The molecule has 0 fully saturated rings. The fourth-order valence-electron chi connectivity index (χ4n) is 1.70. The Labute approximate surface area is 117 Å². The van der Waals surface area contributed by atoms with Crippen molar-refractivity contribution in [1.29, 1.82) is 0 Å². The highest BCUT2D eigenvalue weighted by Crippen LogP contribution is 2.17. The number of pyridine rings is 1. The zero-order valence-corrected chi connectivity index (χ0v) is 11.3. The van der Waals surface area contributed by atoms with E-state index in [1.165, 1.54) is 6.20 Å². The Morgan fingerprint density at radius 2 is 1.85 bits per heavy atom. The average molecular weight is 276 g/mol. The van der Waals surface area contributed by atoms with E-state index < -0.39 is 5.82 Å². The number of hydrogen-bond acceptors (Lipinski definition) is 4. The van der Waals surface area contributed by atoms with E-state index >= 15 is 0 Å². The van der Waals surface area contributed by atoms with Crippen LogP contribution < -0.4 is 14.8 Å². The smallest absolute Gasteiger partial charge is 0.250 e. The second kappa shape index (κ2) is 7.45. The summed E-state index contributed by atoms with van der Waals surface area (Å²) in [4.78, 5) is 3.89. The van der Waals surface area contributed by atoms with Crippen LogP contribution in [-0.2, 0) is 6.54 Å². The van der Waals surface area contributed by atoms with Gasteiger partial charge in [-0.3, -0.25) is 0 Å². The lowest BCUT2D eigenvalue weighted by molar-refractivity contribution is 0.205. The van der Waals surface area contributed by atoms with Crippen LogP contribution in [0.25, 0.3) is 0 Å². The zero-order chi connectivity index (χ0) is 14.2. The van der Waals surface area contributed by atoms with Gasteiger partial charge < -0.3 is 14.8 Å². The molecule has 1 aromatic carbocycles. The number of halogens is 1. The number of rotatable bonds is 7. The molecule has 0 atom stereocenters. The van der Waals surface area contributed by atoms with Crippen LogP contribution in [-0.4, -0.2) is 25.2 Å². The molecule has 0 saturated carbocycles. The Morgan fingerprint density at radius 1 is 1.10 bits per heavy atom. The van der Waals surface area contributed by atoms with Crippen LogP contribution in [0.4, 0.5) is 4.39 Å². The molecular formula is C15H17FN2O2. The third-order valence-electron chi connectivity index (χ3n) is 2.64. The molecule has 2 aromatic rings. The van der Waals surface area contributed by atoms with Gasteiger partial charge in [-0.1, -0.05) is 18.2 Å². The molecule has 1 heterocycles. The molecule has 0 saturated heterocycles. The molecular weight excluding hydrogens is 259 g/mol. The van der Waals surface area contributed by atoms with E-state index in [1.54, 1.807) is 13.1 Å². The van der Waals surface area contributed by atoms with Crippen molar-refractivity contribution in [1.82, 2.24) is 10.3 Å². The van der Waals surface area contributed by atoms with Crippen LogP contribution >= 0.6 is 0 Å². The molecule has 106 valence electrons. The molecule has 1 N–H and O–H groups in total. The summed E-state index contributed by atoms with van der Waals surface area (Å²) in [6.45, 7) is 1.01. The molecule has 0 aliphatic heterocycles. The predicted molar refractivity (Wildman–Crippen MR) is 74.4 cm³/mol. The second-order valence-corrected chi connectivity index (χ2v) is 4.13. The van der Waals surface area contributed by atoms with Crippen LogP contribution in [0.15, 0.2) is 42.6 Å². The summed E-state index contributed by atoms with van der Waals surface area (Å²) in [5.41, 5.74) is 0.529. The number of hydrogen-bond donors (Lipinski definition) is 1. The third kappa shape index (κ3) is 3.93. The van der Waals surface area contributed by atoms with Crippen molar-refractivity contribution < 1.29 is 13.9 Å². The van der Waals surface area contributed by atoms with Crippen LogP contribution in [0.3, 0.4) is 0 Å². The SMILES string of the molecule is CNCc1ccnc(OCCOc2ccccc2)c1F. The van der Waals surface area contributed by atoms with E-state index in [4.69, 9.17) is 9.47 Å². The summed E-state index contributed by atoms with van der Waals surface area (Å²) in [6.07, 6.45) is 1.53. The number of nitrogens with one attached hydrogen (secondary N) is 1. The maximum Gasteiger partial charge on any atom is 0.250 e. The first-order chi connectivity index (χ1) is 9.81. The number of benzene rings is 1. The van der Waals surface area contributed by atoms with Gasteiger partial charge in [-0.2, -0.15) is 0 Å². The van der Waals surface area contributed by atoms with Gasteiger partial charge in [0.2, 0.25) is 0 Å². The molecule has 20 heavy (non-hydrogen) atoms. The Kier molecular flexibility index (Phi) is 5.32. The minimum Gasteiger partial charge on any atom is -0.490 e. The maximum atomic E-state index is 13.9. The molecule has 4 nitrogen and oxygen atoms in total. The molecule has 0 amide bonds. The van der Waals surface area contributed by atoms with Crippen LogP contribution in [0.5, 0.6) is 11.6 Å². The van der Waals surface area contributed by atoms with Gasteiger partial charge in [0.25, 0.3) is 5.88 Å². The molecule has 0 radical (unpaired) electrons. The van der Waals surface area contributed by atoms with E-state index in [-0.39, 0.29) is 12.5 Å². The summed E-state index contributed by atoms with van der Waals surface area (Å²) in [5, 5.41) is 2.89. The van der Waals surface area contributed by atoms with Gasteiger partial charge in [0.05, 0.1) is 0 Å². The highest BCUT2D eigenvalue weighted by atomic mass is 19.1. The summed E-state index contributed by atoms with van der Waals surface area (Å²) >= 11 is 0. The van der Waals surface area contributed by atoms with Crippen molar-refractivity contribution in [2.45, 2.75) is 6.54 Å². The maximum absolute atomic E-state index is 13.9. The average Bonchev–Trinajstić information content (AvgIpc) is 2.48. The Hall–Kier alpha value is -2.14. The van der Waals surface area contributed by atoms with Crippen molar-refractivity contribution in [3.05, 3.63) is 54.0 Å². The largest absolute Gasteiger partial charge is 0.490 e. The Balaban J connectivity index is 1.83. The van der Waals surface area contributed by atoms with E-state index in [0.29, 0.717) is 18.7 Å². The predicted octanol–water partition coefficient (Wildman–Crippen LogP) is 2.40. The Morgan fingerprint density at radius 3 is 2.60 bits per heavy atom. The van der Waals surface area contributed by atoms with E-state index in [1.807, 2.05) is 30.3 Å². The summed E-state index contributed by atoms with van der Waals surface area (Å²) in [5.74, 6) is 0.337. The van der Waals surface area contributed by atoms with Crippen molar-refractivity contribution in [2.24, 2.45) is 0 Å². The molecule has 1 aromatic heterocycles. The van der Waals surface area contributed by atoms with Crippen molar-refractivity contribution in [3.8, 4) is 11.6 Å². The molecule has 5 heteroatoms. The normalized spacial score (nSPS) is 10.3. The lowest BCUT2D eigenvalue weighted by atomic mass is 10.2. The minimum absolute atomic E-state index is 0.00871. The number of para-hydroxylation sites is 1. The van der Waals surface area contributed by atoms with Crippen LogP contribution in [0.1, 0.15) is 5.56 Å². The fourth-order valence-corrected chi connectivity index (χ4v) is 1.70. The number of nitrogens with zero attached hydrogens (tertiary/aromatic N) is 1. The van der Waals surface area contributed by atoms with Crippen LogP contribution in [0.2, 0.25) is 0 Å². The number of ether oxygens (including phenoxy) is 2. The molecule has 0 aliphatic carbocycles. The summed E-state index contributed by atoms with van der Waals surface area (Å²) in [6, 6.07) is 11.0. The highest BCUT2D eigenvalue weighted by Gasteiger charge is 2.09. The third-order valence-corrected chi connectivity index (χ3v) is 2.64. The summed E-state index contributed by atoms with van der Waals surface area (Å²) < 4.78 is 24.7. The lowest BCUT2D eigenvalue weighted by Gasteiger charge is -2.10. The van der Waals surface area contributed by atoms with Crippen molar-refractivity contribution >= 4 is 0 Å². The first-order valence-corrected chi connectivity index (χ1v) is 6.40. The first-order valence-electron chi connectivity index (χ1n) is 6.40. The van der Waals surface area contributed by atoms with Crippen molar-refractivity contribution in [3.63, 3.8) is 0 Å². The minimum atomic E-state index is -0.429. The highest BCUT2D eigenvalue weighted by molar-refractivity contribution is 5.23. The van der Waals surface area contributed by atoms with E-state index in [0.717, 1.165) is 5.75 Å². The van der Waals surface area contributed by atoms with Gasteiger partial charge in [-0.05, 0) is 25.2 Å². The van der Waals surface area contributed by atoms with Gasteiger partial charge in [0.15, 0.2) is 5.82 Å². The molecule has 0 aliphatic rings. The first kappa shape index (κ1) is 14.3. The van der Waals surface area contributed by atoms with Crippen LogP contribution in [0, 0.1) is 5.82 Å². The van der Waals surface area contributed by atoms with Gasteiger partial charge in [-0.15, -0.1) is 0 Å². The van der Waals surface area contributed by atoms with Crippen molar-refractivity contribution in [2.75, 3.05) is 20.3 Å². The lowest BCUT2D eigenvalue weighted by Crippen LogP contribution is -2.12. The van der Waals surface area contributed by atoms with Gasteiger partial charge in [0, 0.05) is 18.3 Å². The second-order valence-electron chi connectivity index (χ2n) is 4.13. The van der Waals surface area contributed by atoms with E-state index in [9.17, 15) is 4.39 Å². The standard InChI is InChI=1S/C15H17FN2O2/c1-17-11-12-7-8-18-15(14(12)16)20-10-9-19-13-5-3-2-4-6-13/h2-8,17H,9-11H2,1H3. The Bertz CT molecular complexity index is 535. The quantitative estimate of drug-likeness (QED) is 0.789. The van der Waals surface area contributed by atoms with Gasteiger partial charge in [-0.25, -0.2) is 9.37 Å². The van der Waals surface area contributed by atoms with Gasteiger partial charge in [0.1, 0.15) is 19.0 Å². The monoisotopic (exact) mass is 276 g/mol. The zero-order valence-electron chi connectivity index (χ0n) is 11.3. The van der Waals surface area contributed by atoms with Gasteiger partial charge >= 0.3 is 0 Å². The summed E-state index contributed by atoms with van der Waals surface area (Å²) in [7, 11) is 1.76. The number of aromatic nitrogens is 1. The molecule has 0 bridgehead atoms. The fraction of sp³-hybridized carbons (Fsp3) is 0.267.